The normalized spacial score (nSPS) is 13.1. The number of primary amides is 1. The summed E-state index contributed by atoms with van der Waals surface area (Å²) >= 11 is 0. The van der Waals surface area contributed by atoms with Crippen molar-refractivity contribution in [2.45, 2.75) is 78.6 Å². The number of benzene rings is 1. The first-order valence-corrected chi connectivity index (χ1v) is 10.7. The van der Waals surface area contributed by atoms with Crippen LogP contribution in [0.2, 0.25) is 0 Å². The fourth-order valence-corrected chi connectivity index (χ4v) is 3.10. The number of carbonyl (C=O) groups is 4. The molecule has 0 aromatic heterocycles. The lowest BCUT2D eigenvalue weighted by atomic mass is 10.0. The van der Waals surface area contributed by atoms with Crippen LogP contribution in [0.3, 0.4) is 0 Å². The molecule has 0 aliphatic rings. The topological polar surface area (TPSA) is 131 Å². The first kappa shape index (κ1) is 26.9. The molecule has 2 atom stereocenters. The molecule has 0 heterocycles. The number of nitrogens with one attached hydrogen (secondary N) is 2. The van der Waals surface area contributed by atoms with E-state index in [1.165, 1.54) is 4.90 Å². The Kier molecular flexibility index (Phi) is 9.68. The van der Waals surface area contributed by atoms with Gasteiger partial charge in [0.2, 0.25) is 17.7 Å². The van der Waals surface area contributed by atoms with E-state index in [1.54, 1.807) is 39.8 Å². The molecule has 9 heteroatoms. The number of hydrogen-bond acceptors (Lipinski definition) is 5. The lowest BCUT2D eigenvalue weighted by Gasteiger charge is -2.34. The lowest BCUT2D eigenvalue weighted by Crippen LogP contribution is -2.54. The number of hydrogen-bond donors (Lipinski definition) is 3. The molecule has 178 valence electrons. The van der Waals surface area contributed by atoms with Crippen LogP contribution in [0.1, 0.15) is 65.1 Å². The SMILES string of the molecule is CCN(C(=O)C(CC(N)=O)NC(=O)OC(C)(C)C)C(C(=O)NC(C)C)c1ccc(C)cc1. The van der Waals surface area contributed by atoms with Crippen LogP contribution in [0.5, 0.6) is 0 Å². The van der Waals surface area contributed by atoms with Gasteiger partial charge in [0, 0.05) is 12.6 Å². The van der Waals surface area contributed by atoms with E-state index in [9.17, 15) is 19.2 Å². The third-order valence-corrected chi connectivity index (χ3v) is 4.40. The molecule has 1 aromatic rings. The molecule has 4 N–H and O–H groups in total. The number of amides is 4. The van der Waals surface area contributed by atoms with Gasteiger partial charge in [-0.15, -0.1) is 0 Å². The van der Waals surface area contributed by atoms with Gasteiger partial charge in [0.15, 0.2) is 0 Å². The van der Waals surface area contributed by atoms with Crippen molar-refractivity contribution in [2.24, 2.45) is 5.73 Å². The highest BCUT2D eigenvalue weighted by Crippen LogP contribution is 2.23. The highest BCUT2D eigenvalue weighted by atomic mass is 16.6. The molecule has 9 nitrogen and oxygen atoms in total. The van der Waals surface area contributed by atoms with Crippen molar-refractivity contribution >= 4 is 23.8 Å². The van der Waals surface area contributed by atoms with E-state index in [4.69, 9.17) is 10.5 Å². The summed E-state index contributed by atoms with van der Waals surface area (Å²) in [5, 5.41) is 5.27. The van der Waals surface area contributed by atoms with E-state index in [0.29, 0.717) is 5.56 Å². The highest BCUT2D eigenvalue weighted by Gasteiger charge is 2.36. The fourth-order valence-electron chi connectivity index (χ4n) is 3.10. The largest absolute Gasteiger partial charge is 0.444 e. The molecule has 0 radical (unpaired) electrons. The van der Waals surface area contributed by atoms with Crippen LogP contribution >= 0.6 is 0 Å². The van der Waals surface area contributed by atoms with Crippen molar-refractivity contribution in [3.05, 3.63) is 35.4 Å². The Hall–Kier alpha value is -3.10. The van der Waals surface area contributed by atoms with Gasteiger partial charge in [-0.3, -0.25) is 14.4 Å². The third kappa shape index (κ3) is 8.56. The van der Waals surface area contributed by atoms with E-state index in [-0.39, 0.29) is 18.5 Å². The first-order chi connectivity index (χ1) is 14.7. The maximum atomic E-state index is 13.5. The Morgan fingerprint density at radius 1 is 1.06 bits per heavy atom. The minimum atomic E-state index is -1.28. The molecule has 32 heavy (non-hydrogen) atoms. The van der Waals surface area contributed by atoms with Crippen LogP contribution in [0, 0.1) is 6.92 Å². The standard InChI is InChI=1S/C23H36N4O5/c1-8-27(19(20(29)25-14(2)3)16-11-9-15(4)10-12-16)21(30)17(13-18(24)28)26-22(31)32-23(5,6)7/h9-12,14,17,19H,8,13H2,1-7H3,(H2,24,28)(H,25,29)(H,26,31). The van der Waals surface area contributed by atoms with Crippen molar-refractivity contribution < 1.29 is 23.9 Å². The summed E-state index contributed by atoms with van der Waals surface area (Å²) in [7, 11) is 0. The summed E-state index contributed by atoms with van der Waals surface area (Å²) in [4.78, 5) is 51.8. The number of nitrogens with zero attached hydrogens (tertiary/aromatic N) is 1. The third-order valence-electron chi connectivity index (χ3n) is 4.40. The lowest BCUT2D eigenvalue weighted by molar-refractivity contribution is -0.143. The summed E-state index contributed by atoms with van der Waals surface area (Å²) in [5.74, 6) is -1.75. The Morgan fingerprint density at radius 3 is 2.06 bits per heavy atom. The van der Waals surface area contributed by atoms with Crippen LogP contribution in [0.15, 0.2) is 24.3 Å². The van der Waals surface area contributed by atoms with Gasteiger partial charge in [-0.1, -0.05) is 29.8 Å². The number of rotatable bonds is 9. The molecule has 0 spiro atoms. The Bertz CT molecular complexity index is 815. The van der Waals surface area contributed by atoms with Gasteiger partial charge >= 0.3 is 6.09 Å². The second kappa shape index (κ2) is 11.5. The summed E-state index contributed by atoms with van der Waals surface area (Å²) in [6.45, 7) is 12.5. The Labute approximate surface area is 190 Å². The molecule has 1 aromatic carbocycles. The van der Waals surface area contributed by atoms with Gasteiger partial charge in [-0.2, -0.15) is 0 Å². The highest BCUT2D eigenvalue weighted by molar-refractivity contribution is 5.94. The van der Waals surface area contributed by atoms with Crippen LogP contribution < -0.4 is 16.4 Å². The molecule has 2 unspecified atom stereocenters. The quantitative estimate of drug-likeness (QED) is 0.533. The summed E-state index contributed by atoms with van der Waals surface area (Å²) < 4.78 is 5.22. The van der Waals surface area contributed by atoms with Gasteiger partial charge in [0.25, 0.3) is 0 Å². The fraction of sp³-hybridized carbons (Fsp3) is 0.565. The van der Waals surface area contributed by atoms with Gasteiger partial charge < -0.3 is 26.0 Å². The zero-order chi connectivity index (χ0) is 24.6. The van der Waals surface area contributed by atoms with Gasteiger partial charge in [-0.05, 0) is 54.0 Å². The predicted molar refractivity (Wildman–Crippen MR) is 122 cm³/mol. The number of ether oxygens (including phenoxy) is 1. The van der Waals surface area contributed by atoms with E-state index < -0.39 is 42.0 Å². The number of nitrogens with two attached hydrogens (primary N) is 1. The zero-order valence-corrected chi connectivity index (χ0v) is 20.0. The number of aryl methyl sites for hydroxylation is 1. The summed E-state index contributed by atoms with van der Waals surface area (Å²) in [5.41, 5.74) is 6.14. The van der Waals surface area contributed by atoms with E-state index >= 15 is 0 Å². The molecule has 0 bridgehead atoms. The maximum Gasteiger partial charge on any atom is 0.408 e. The van der Waals surface area contributed by atoms with Gasteiger partial charge in [-0.25, -0.2) is 4.79 Å². The zero-order valence-electron chi connectivity index (χ0n) is 20.0. The number of likely N-dealkylation sites (N-methyl/N-ethyl adjacent to an activating group) is 1. The monoisotopic (exact) mass is 448 g/mol. The molecule has 0 aliphatic carbocycles. The number of carbonyl (C=O) groups excluding carboxylic acids is 4. The van der Waals surface area contributed by atoms with Crippen LogP contribution in [0.25, 0.3) is 0 Å². The minimum absolute atomic E-state index is 0.148. The summed E-state index contributed by atoms with van der Waals surface area (Å²) in [6.07, 6.45) is -1.28. The second-order valence-corrected chi connectivity index (χ2v) is 8.97. The van der Waals surface area contributed by atoms with Crippen LogP contribution in [0.4, 0.5) is 4.79 Å². The van der Waals surface area contributed by atoms with Crippen molar-refractivity contribution in [1.29, 1.82) is 0 Å². The molecule has 0 saturated heterocycles. The second-order valence-electron chi connectivity index (χ2n) is 8.97. The first-order valence-electron chi connectivity index (χ1n) is 10.7. The van der Waals surface area contributed by atoms with Crippen molar-refractivity contribution in [2.75, 3.05) is 6.54 Å². The van der Waals surface area contributed by atoms with Crippen molar-refractivity contribution in [3.8, 4) is 0 Å². The van der Waals surface area contributed by atoms with E-state index in [1.807, 2.05) is 32.9 Å². The molecular weight excluding hydrogens is 412 g/mol. The molecule has 1 rings (SSSR count). The van der Waals surface area contributed by atoms with Crippen molar-refractivity contribution in [1.82, 2.24) is 15.5 Å². The van der Waals surface area contributed by atoms with Gasteiger partial charge in [0.05, 0.1) is 6.42 Å². The van der Waals surface area contributed by atoms with E-state index in [0.717, 1.165) is 5.56 Å². The van der Waals surface area contributed by atoms with Crippen molar-refractivity contribution in [3.63, 3.8) is 0 Å². The molecule has 4 amide bonds. The molecule has 0 saturated carbocycles. The van der Waals surface area contributed by atoms with Gasteiger partial charge in [0.1, 0.15) is 17.7 Å². The Morgan fingerprint density at radius 2 is 1.62 bits per heavy atom. The van der Waals surface area contributed by atoms with E-state index in [2.05, 4.69) is 10.6 Å². The predicted octanol–water partition coefficient (Wildman–Crippen LogP) is 2.18. The van der Waals surface area contributed by atoms with Crippen LogP contribution in [-0.2, 0) is 19.1 Å². The summed E-state index contributed by atoms with van der Waals surface area (Å²) in [6, 6.07) is 4.88. The maximum absolute atomic E-state index is 13.5. The molecular formula is C23H36N4O5. The average Bonchev–Trinajstić information content (AvgIpc) is 2.63. The Balaban J connectivity index is 3.32. The van der Waals surface area contributed by atoms with Crippen LogP contribution in [-0.4, -0.2) is 52.9 Å². The molecule has 0 aliphatic heterocycles. The molecule has 0 fully saturated rings. The number of alkyl carbamates (subject to hydrolysis) is 1. The minimum Gasteiger partial charge on any atom is -0.444 e. The smallest absolute Gasteiger partial charge is 0.408 e. The average molecular weight is 449 g/mol.